The standard InChI is InChI=1S/C9H15N3O2S2/c1-3-12-5-4-7-8(6-12)15-9(10-7)11-16(2,13)14/h3-6H2,1-2H3,(H,10,11). The molecule has 0 spiro atoms. The highest BCUT2D eigenvalue weighted by Gasteiger charge is 2.20. The van der Waals surface area contributed by atoms with Crippen molar-refractivity contribution in [3.05, 3.63) is 10.6 Å². The van der Waals surface area contributed by atoms with Crippen molar-refractivity contribution in [2.24, 2.45) is 0 Å². The predicted molar refractivity (Wildman–Crippen MR) is 65.2 cm³/mol. The van der Waals surface area contributed by atoms with Crippen LogP contribution in [0, 0.1) is 0 Å². The fourth-order valence-corrected chi connectivity index (χ4v) is 3.61. The number of fused-ring (bicyclic) bond motifs is 1. The molecular weight excluding hydrogens is 246 g/mol. The van der Waals surface area contributed by atoms with Crippen LogP contribution in [0.1, 0.15) is 17.5 Å². The van der Waals surface area contributed by atoms with E-state index in [1.807, 2.05) is 0 Å². The van der Waals surface area contributed by atoms with E-state index in [2.05, 4.69) is 21.5 Å². The molecule has 7 heteroatoms. The quantitative estimate of drug-likeness (QED) is 0.878. The SMILES string of the molecule is CCN1CCc2nc(NS(C)(=O)=O)sc2C1. The maximum Gasteiger partial charge on any atom is 0.231 e. The number of nitrogens with one attached hydrogen (secondary N) is 1. The van der Waals surface area contributed by atoms with E-state index in [1.165, 1.54) is 16.2 Å². The molecule has 0 saturated heterocycles. The second kappa shape index (κ2) is 4.31. The van der Waals surface area contributed by atoms with Crippen LogP contribution >= 0.6 is 11.3 Å². The van der Waals surface area contributed by atoms with Crippen LogP contribution in [0.5, 0.6) is 0 Å². The van der Waals surface area contributed by atoms with Gasteiger partial charge in [0.15, 0.2) is 5.13 Å². The summed E-state index contributed by atoms with van der Waals surface area (Å²) in [6.45, 7) is 5.04. The van der Waals surface area contributed by atoms with Crippen LogP contribution < -0.4 is 4.72 Å². The Bertz CT molecular complexity index is 481. The Labute approximate surface area is 99.5 Å². The third-order valence-electron chi connectivity index (χ3n) is 2.53. The fraction of sp³-hybridized carbons (Fsp3) is 0.667. The van der Waals surface area contributed by atoms with Gasteiger partial charge >= 0.3 is 0 Å². The molecule has 0 aromatic carbocycles. The number of hydrogen-bond donors (Lipinski definition) is 1. The lowest BCUT2D eigenvalue weighted by atomic mass is 10.2. The Morgan fingerprint density at radius 3 is 2.94 bits per heavy atom. The second-order valence-corrected chi connectivity index (χ2v) is 6.71. The maximum absolute atomic E-state index is 11.1. The first kappa shape index (κ1) is 11.8. The van der Waals surface area contributed by atoms with Gasteiger partial charge in [0.2, 0.25) is 10.0 Å². The minimum Gasteiger partial charge on any atom is -0.298 e. The Morgan fingerprint density at radius 2 is 2.31 bits per heavy atom. The monoisotopic (exact) mass is 261 g/mol. The van der Waals surface area contributed by atoms with Gasteiger partial charge in [0.1, 0.15) is 0 Å². The number of nitrogens with zero attached hydrogens (tertiary/aromatic N) is 2. The summed E-state index contributed by atoms with van der Waals surface area (Å²) in [5, 5.41) is 0.491. The zero-order valence-electron chi connectivity index (χ0n) is 9.36. The van der Waals surface area contributed by atoms with Crippen molar-refractivity contribution in [2.45, 2.75) is 19.9 Å². The van der Waals surface area contributed by atoms with Crippen LogP contribution in [0.4, 0.5) is 5.13 Å². The molecule has 2 rings (SSSR count). The molecule has 16 heavy (non-hydrogen) atoms. The third-order valence-corrected chi connectivity index (χ3v) is 4.22. The average molecular weight is 261 g/mol. The summed E-state index contributed by atoms with van der Waals surface area (Å²) in [7, 11) is -3.21. The van der Waals surface area contributed by atoms with Gasteiger partial charge in [-0.1, -0.05) is 18.3 Å². The van der Waals surface area contributed by atoms with E-state index in [9.17, 15) is 8.42 Å². The molecule has 0 aliphatic carbocycles. The van der Waals surface area contributed by atoms with Crippen LogP contribution in [-0.4, -0.2) is 37.6 Å². The number of rotatable bonds is 3. The summed E-state index contributed by atoms with van der Waals surface area (Å²) in [5.41, 5.74) is 1.04. The summed E-state index contributed by atoms with van der Waals surface area (Å²) >= 11 is 1.44. The highest BCUT2D eigenvalue weighted by Crippen LogP contribution is 2.28. The molecule has 2 heterocycles. The van der Waals surface area contributed by atoms with Crippen LogP contribution in [0.2, 0.25) is 0 Å². The Morgan fingerprint density at radius 1 is 1.56 bits per heavy atom. The van der Waals surface area contributed by atoms with Crippen molar-refractivity contribution in [3.8, 4) is 0 Å². The lowest BCUT2D eigenvalue weighted by Crippen LogP contribution is -2.29. The molecule has 1 aliphatic heterocycles. The Balaban J connectivity index is 2.18. The number of thiazole rings is 1. The van der Waals surface area contributed by atoms with Gasteiger partial charge in [-0.2, -0.15) is 0 Å². The first-order valence-electron chi connectivity index (χ1n) is 5.16. The molecule has 5 nitrogen and oxygen atoms in total. The normalized spacial score (nSPS) is 17.1. The number of sulfonamides is 1. The van der Waals surface area contributed by atoms with E-state index in [4.69, 9.17) is 0 Å². The Hall–Kier alpha value is -0.660. The molecule has 1 aliphatic rings. The molecule has 0 bridgehead atoms. The maximum atomic E-state index is 11.1. The first-order chi connectivity index (χ1) is 7.48. The molecule has 0 fully saturated rings. The van der Waals surface area contributed by atoms with Crippen molar-refractivity contribution in [2.75, 3.05) is 24.1 Å². The molecule has 0 atom stereocenters. The average Bonchev–Trinajstić information content (AvgIpc) is 2.55. The molecule has 0 unspecified atom stereocenters. The summed E-state index contributed by atoms with van der Waals surface area (Å²) < 4.78 is 24.6. The number of likely N-dealkylation sites (N-methyl/N-ethyl adjacent to an activating group) is 1. The van der Waals surface area contributed by atoms with E-state index >= 15 is 0 Å². The number of hydrogen-bond acceptors (Lipinski definition) is 5. The van der Waals surface area contributed by atoms with Gasteiger partial charge in [0.05, 0.1) is 11.9 Å². The minimum absolute atomic E-state index is 0.491. The molecular formula is C9H15N3O2S2. The summed E-state index contributed by atoms with van der Waals surface area (Å²) in [5.74, 6) is 0. The molecule has 0 amide bonds. The van der Waals surface area contributed by atoms with Gasteiger partial charge < -0.3 is 0 Å². The summed E-state index contributed by atoms with van der Waals surface area (Å²) in [6, 6.07) is 0. The van der Waals surface area contributed by atoms with Gasteiger partial charge in [-0.05, 0) is 6.54 Å². The topological polar surface area (TPSA) is 62.3 Å². The number of anilines is 1. The summed E-state index contributed by atoms with van der Waals surface area (Å²) in [4.78, 5) is 7.81. The van der Waals surface area contributed by atoms with Crippen molar-refractivity contribution in [1.29, 1.82) is 0 Å². The van der Waals surface area contributed by atoms with Gasteiger partial charge in [-0.25, -0.2) is 13.4 Å². The van der Waals surface area contributed by atoms with Crippen molar-refractivity contribution in [1.82, 2.24) is 9.88 Å². The number of aromatic nitrogens is 1. The zero-order chi connectivity index (χ0) is 11.8. The molecule has 0 saturated carbocycles. The smallest absolute Gasteiger partial charge is 0.231 e. The molecule has 90 valence electrons. The van der Waals surface area contributed by atoms with Crippen molar-refractivity contribution < 1.29 is 8.42 Å². The van der Waals surface area contributed by atoms with E-state index in [0.29, 0.717) is 5.13 Å². The second-order valence-electron chi connectivity index (χ2n) is 3.88. The molecule has 0 radical (unpaired) electrons. The van der Waals surface area contributed by atoms with E-state index in [1.54, 1.807) is 0 Å². The zero-order valence-corrected chi connectivity index (χ0v) is 11.0. The van der Waals surface area contributed by atoms with E-state index in [0.717, 1.165) is 38.0 Å². The largest absolute Gasteiger partial charge is 0.298 e. The van der Waals surface area contributed by atoms with E-state index < -0.39 is 10.0 Å². The lowest BCUT2D eigenvalue weighted by molar-refractivity contribution is 0.270. The van der Waals surface area contributed by atoms with Gasteiger partial charge in [-0.3, -0.25) is 9.62 Å². The molecule has 1 aromatic rings. The van der Waals surface area contributed by atoms with E-state index in [-0.39, 0.29) is 0 Å². The Kier molecular flexibility index (Phi) is 3.18. The highest BCUT2D eigenvalue weighted by molar-refractivity contribution is 7.92. The molecule has 1 aromatic heterocycles. The van der Waals surface area contributed by atoms with Gasteiger partial charge in [0.25, 0.3) is 0 Å². The fourth-order valence-electron chi connectivity index (χ4n) is 1.72. The first-order valence-corrected chi connectivity index (χ1v) is 7.87. The predicted octanol–water partition coefficient (Wildman–Crippen LogP) is 0.893. The van der Waals surface area contributed by atoms with Crippen molar-refractivity contribution >= 4 is 26.5 Å². The lowest BCUT2D eigenvalue weighted by Gasteiger charge is -2.23. The van der Waals surface area contributed by atoms with Crippen LogP contribution in [0.3, 0.4) is 0 Å². The van der Waals surface area contributed by atoms with Crippen LogP contribution in [-0.2, 0) is 23.0 Å². The molecule has 1 N–H and O–H groups in total. The van der Waals surface area contributed by atoms with Crippen LogP contribution in [0.25, 0.3) is 0 Å². The van der Waals surface area contributed by atoms with Gasteiger partial charge in [0, 0.05) is 24.4 Å². The highest BCUT2D eigenvalue weighted by atomic mass is 32.2. The van der Waals surface area contributed by atoms with Crippen LogP contribution in [0.15, 0.2) is 0 Å². The minimum atomic E-state index is -3.21. The van der Waals surface area contributed by atoms with Gasteiger partial charge in [-0.15, -0.1) is 0 Å². The third kappa shape index (κ3) is 2.72. The summed E-state index contributed by atoms with van der Waals surface area (Å²) in [6.07, 6.45) is 2.05. The van der Waals surface area contributed by atoms with Crippen molar-refractivity contribution in [3.63, 3.8) is 0 Å².